The van der Waals surface area contributed by atoms with Crippen molar-refractivity contribution in [3.63, 3.8) is 0 Å². The van der Waals surface area contributed by atoms with E-state index in [4.69, 9.17) is 33.7 Å². The fourth-order valence-corrected chi connectivity index (χ4v) is 2.37. The Bertz CT molecular complexity index is 653. The molecule has 0 saturated heterocycles. The summed E-state index contributed by atoms with van der Waals surface area (Å²) >= 11 is 11.9. The molecule has 1 heterocycles. The lowest BCUT2D eigenvalue weighted by molar-refractivity contribution is 0.0460. The number of aryl methyl sites for hydroxylation is 1. The predicted molar refractivity (Wildman–Crippen MR) is 84.7 cm³/mol. The van der Waals surface area contributed by atoms with Crippen LogP contribution in [0, 0.1) is 0 Å². The molecule has 0 fully saturated rings. The van der Waals surface area contributed by atoms with Gasteiger partial charge in [-0.2, -0.15) is 0 Å². The van der Waals surface area contributed by atoms with Gasteiger partial charge in [0.1, 0.15) is 12.3 Å². The highest BCUT2D eigenvalue weighted by Gasteiger charge is 2.15. The molecule has 2 N–H and O–H groups in total. The number of halogens is 2. The van der Waals surface area contributed by atoms with Crippen LogP contribution in [0.15, 0.2) is 30.5 Å². The number of aromatic nitrogens is 1. The largest absolute Gasteiger partial charge is 0.456 e. The van der Waals surface area contributed by atoms with E-state index in [1.807, 2.05) is 6.92 Å². The van der Waals surface area contributed by atoms with Crippen molar-refractivity contribution in [2.75, 3.05) is 5.73 Å². The summed E-state index contributed by atoms with van der Waals surface area (Å²) in [5.74, 6) is -0.434. The summed E-state index contributed by atoms with van der Waals surface area (Å²) in [6.45, 7) is 2.80. The molecular weight excluding hydrogens is 311 g/mol. The van der Waals surface area contributed by atoms with E-state index in [1.54, 1.807) is 35.0 Å². The number of rotatable bonds is 5. The maximum absolute atomic E-state index is 12.1. The van der Waals surface area contributed by atoms with Crippen LogP contribution in [0.1, 0.15) is 29.4 Å². The third kappa shape index (κ3) is 3.93. The fourth-order valence-electron chi connectivity index (χ4n) is 2.00. The molecule has 1 aromatic heterocycles. The van der Waals surface area contributed by atoms with E-state index in [0.717, 1.165) is 6.42 Å². The Hall–Kier alpha value is -1.65. The number of hydrogen-bond donors (Lipinski definition) is 1. The van der Waals surface area contributed by atoms with E-state index >= 15 is 0 Å². The van der Waals surface area contributed by atoms with Crippen molar-refractivity contribution in [1.82, 2.24) is 4.57 Å². The van der Waals surface area contributed by atoms with Crippen LogP contribution in [-0.2, 0) is 17.9 Å². The highest BCUT2D eigenvalue weighted by atomic mass is 35.5. The van der Waals surface area contributed by atoms with Crippen LogP contribution in [0.25, 0.3) is 0 Å². The second-order valence-corrected chi connectivity index (χ2v) is 5.51. The van der Waals surface area contributed by atoms with Gasteiger partial charge >= 0.3 is 5.97 Å². The Morgan fingerprint density at radius 3 is 2.81 bits per heavy atom. The number of nitrogens with two attached hydrogens (primary N) is 1. The number of benzene rings is 1. The van der Waals surface area contributed by atoms with Gasteiger partial charge in [-0.1, -0.05) is 30.1 Å². The molecule has 0 amide bonds. The van der Waals surface area contributed by atoms with E-state index in [9.17, 15) is 4.79 Å². The molecule has 0 aliphatic heterocycles. The van der Waals surface area contributed by atoms with E-state index in [0.29, 0.717) is 33.5 Å². The molecule has 4 nitrogen and oxygen atoms in total. The molecule has 2 aromatic rings. The first-order valence-electron chi connectivity index (χ1n) is 6.58. The van der Waals surface area contributed by atoms with Crippen molar-refractivity contribution in [2.45, 2.75) is 26.5 Å². The molecule has 0 spiro atoms. The number of ether oxygens (including phenoxy) is 1. The van der Waals surface area contributed by atoms with Crippen LogP contribution in [0.5, 0.6) is 0 Å². The molecule has 0 unspecified atom stereocenters. The maximum atomic E-state index is 12.1. The molecule has 0 radical (unpaired) electrons. The number of nitrogen functional groups attached to an aromatic ring is 1. The topological polar surface area (TPSA) is 57.2 Å². The number of carbonyl (C=O) groups excluding carboxylic acids is 1. The summed E-state index contributed by atoms with van der Waals surface area (Å²) in [7, 11) is 0. The van der Waals surface area contributed by atoms with Gasteiger partial charge in [-0.3, -0.25) is 0 Å². The van der Waals surface area contributed by atoms with Crippen molar-refractivity contribution in [2.24, 2.45) is 0 Å². The van der Waals surface area contributed by atoms with Crippen LogP contribution < -0.4 is 5.73 Å². The molecule has 6 heteroatoms. The van der Waals surface area contributed by atoms with E-state index < -0.39 is 5.97 Å². The molecule has 0 atom stereocenters. The molecule has 0 saturated carbocycles. The van der Waals surface area contributed by atoms with Gasteiger partial charge in [-0.15, -0.1) is 0 Å². The number of esters is 1. The number of hydrogen-bond acceptors (Lipinski definition) is 3. The molecule has 0 aliphatic carbocycles. The van der Waals surface area contributed by atoms with E-state index in [-0.39, 0.29) is 6.61 Å². The fraction of sp³-hybridized carbons (Fsp3) is 0.267. The minimum atomic E-state index is -0.434. The lowest BCUT2D eigenvalue weighted by Gasteiger charge is -2.09. The number of anilines is 1. The van der Waals surface area contributed by atoms with Crippen molar-refractivity contribution < 1.29 is 9.53 Å². The zero-order valence-corrected chi connectivity index (χ0v) is 13.1. The highest BCUT2D eigenvalue weighted by molar-refractivity contribution is 6.33. The van der Waals surface area contributed by atoms with Gasteiger partial charge in [-0.05, 0) is 30.7 Å². The van der Waals surface area contributed by atoms with Gasteiger partial charge in [0.25, 0.3) is 0 Å². The quantitative estimate of drug-likeness (QED) is 0.840. The molecular formula is C15H16Cl2N2O2. The third-order valence-corrected chi connectivity index (χ3v) is 3.56. The summed E-state index contributed by atoms with van der Waals surface area (Å²) in [5, 5.41) is 1.06. The molecule has 21 heavy (non-hydrogen) atoms. The summed E-state index contributed by atoms with van der Waals surface area (Å²) in [6.07, 6.45) is 2.63. The van der Waals surface area contributed by atoms with Crippen LogP contribution >= 0.6 is 23.2 Å². The predicted octanol–water partition coefficient (Wildman–Crippen LogP) is 4.14. The van der Waals surface area contributed by atoms with Crippen LogP contribution in [0.4, 0.5) is 5.69 Å². The van der Waals surface area contributed by atoms with E-state index in [1.165, 1.54) is 0 Å². The van der Waals surface area contributed by atoms with Crippen LogP contribution in [0.2, 0.25) is 10.0 Å². The zero-order valence-electron chi connectivity index (χ0n) is 11.6. The molecule has 0 aliphatic rings. The summed E-state index contributed by atoms with van der Waals surface area (Å²) in [4.78, 5) is 12.1. The van der Waals surface area contributed by atoms with Gasteiger partial charge < -0.3 is 15.0 Å². The summed E-state index contributed by atoms with van der Waals surface area (Å²) in [6, 6.07) is 6.64. The Balaban J connectivity index is 2.10. The zero-order chi connectivity index (χ0) is 15.4. The first-order valence-corrected chi connectivity index (χ1v) is 7.33. The molecule has 112 valence electrons. The first-order chi connectivity index (χ1) is 10.0. The van der Waals surface area contributed by atoms with Gasteiger partial charge in [-0.25, -0.2) is 4.79 Å². The minimum absolute atomic E-state index is 0.0649. The second kappa shape index (κ2) is 6.87. The second-order valence-electron chi connectivity index (χ2n) is 4.66. The van der Waals surface area contributed by atoms with E-state index in [2.05, 4.69) is 0 Å². The molecule has 1 aromatic carbocycles. The Morgan fingerprint density at radius 2 is 2.10 bits per heavy atom. The van der Waals surface area contributed by atoms with Crippen molar-refractivity contribution in [3.05, 3.63) is 51.8 Å². The van der Waals surface area contributed by atoms with Crippen LogP contribution in [0.3, 0.4) is 0 Å². The SMILES string of the molecule is CCCn1cc(N)cc1C(=O)OCc1cc(Cl)ccc1Cl. The molecule has 2 rings (SSSR count). The van der Waals surface area contributed by atoms with Crippen LogP contribution in [-0.4, -0.2) is 10.5 Å². The highest BCUT2D eigenvalue weighted by Crippen LogP contribution is 2.22. The normalized spacial score (nSPS) is 10.6. The van der Waals surface area contributed by atoms with Crippen molar-refractivity contribution in [1.29, 1.82) is 0 Å². The average Bonchev–Trinajstić information content (AvgIpc) is 2.81. The smallest absolute Gasteiger partial charge is 0.355 e. The lowest BCUT2D eigenvalue weighted by atomic mass is 10.2. The summed E-state index contributed by atoms with van der Waals surface area (Å²) < 4.78 is 7.08. The monoisotopic (exact) mass is 326 g/mol. The van der Waals surface area contributed by atoms with Crippen molar-refractivity contribution >= 4 is 34.9 Å². The minimum Gasteiger partial charge on any atom is -0.456 e. The number of nitrogens with zero attached hydrogens (tertiary/aromatic N) is 1. The Labute approximate surface area is 133 Å². The Kier molecular flexibility index (Phi) is 5.15. The maximum Gasteiger partial charge on any atom is 0.355 e. The van der Waals surface area contributed by atoms with Gasteiger partial charge in [0, 0.05) is 28.4 Å². The van der Waals surface area contributed by atoms with Gasteiger partial charge in [0.15, 0.2) is 0 Å². The van der Waals surface area contributed by atoms with Crippen molar-refractivity contribution in [3.8, 4) is 0 Å². The standard InChI is InChI=1S/C15H16Cl2N2O2/c1-2-5-19-8-12(18)7-14(19)15(20)21-9-10-6-11(16)3-4-13(10)17/h3-4,6-8H,2,5,9,18H2,1H3. The number of carbonyl (C=O) groups is 1. The summed E-state index contributed by atoms with van der Waals surface area (Å²) in [5.41, 5.74) is 7.37. The molecule has 0 bridgehead atoms. The first kappa shape index (κ1) is 15.7. The Morgan fingerprint density at radius 1 is 1.33 bits per heavy atom. The lowest BCUT2D eigenvalue weighted by Crippen LogP contribution is -2.11. The van der Waals surface area contributed by atoms with Gasteiger partial charge in [0.2, 0.25) is 0 Å². The third-order valence-electron chi connectivity index (χ3n) is 2.96. The average molecular weight is 327 g/mol. The van der Waals surface area contributed by atoms with Gasteiger partial charge in [0.05, 0.1) is 5.69 Å².